The number of ether oxygens (including phenoxy) is 1. The summed E-state index contributed by atoms with van der Waals surface area (Å²) in [6.07, 6.45) is 0. The van der Waals surface area contributed by atoms with Gasteiger partial charge in [-0.1, -0.05) is 13.8 Å². The van der Waals surface area contributed by atoms with Crippen LogP contribution in [0.1, 0.15) is 24.2 Å². The van der Waals surface area contributed by atoms with Crippen LogP contribution in [-0.4, -0.2) is 30.1 Å². The van der Waals surface area contributed by atoms with E-state index in [0.29, 0.717) is 18.2 Å². The van der Waals surface area contributed by atoms with Gasteiger partial charge in [0.25, 0.3) is 5.69 Å². The second kappa shape index (κ2) is 6.70. The van der Waals surface area contributed by atoms with E-state index in [-0.39, 0.29) is 12.3 Å². The van der Waals surface area contributed by atoms with E-state index in [1.54, 1.807) is 0 Å². The maximum Gasteiger partial charge on any atom is 0.338 e. The van der Waals surface area contributed by atoms with Gasteiger partial charge in [-0.15, -0.1) is 0 Å². The summed E-state index contributed by atoms with van der Waals surface area (Å²) in [6.45, 7) is 4.85. The van der Waals surface area contributed by atoms with E-state index in [9.17, 15) is 14.9 Å². The van der Waals surface area contributed by atoms with Crippen molar-refractivity contribution in [2.24, 2.45) is 0 Å². The number of nitrogens with zero attached hydrogens (tertiary/aromatic N) is 1. The van der Waals surface area contributed by atoms with Crippen LogP contribution in [-0.2, 0) is 4.74 Å². The Morgan fingerprint density at radius 2 is 2.00 bits per heavy atom. The number of benzene rings is 1. The fourth-order valence-electron chi connectivity index (χ4n) is 1.29. The number of nitro benzene ring substituents is 1. The molecule has 6 heteroatoms. The van der Waals surface area contributed by atoms with Crippen LogP contribution in [0.3, 0.4) is 0 Å². The van der Waals surface area contributed by atoms with E-state index in [0.717, 1.165) is 0 Å². The molecule has 0 fully saturated rings. The molecule has 1 N–H and O–H groups in total. The Bertz CT molecular complexity index is 415. The van der Waals surface area contributed by atoms with E-state index in [2.05, 4.69) is 5.32 Å². The largest absolute Gasteiger partial charge is 0.461 e. The number of hydrogen-bond acceptors (Lipinski definition) is 5. The molecule has 0 bridgehead atoms. The molecule has 6 nitrogen and oxygen atoms in total. The van der Waals surface area contributed by atoms with E-state index in [1.807, 2.05) is 13.8 Å². The highest BCUT2D eigenvalue weighted by atomic mass is 16.6. The molecule has 98 valence electrons. The molecule has 0 aliphatic carbocycles. The zero-order valence-electron chi connectivity index (χ0n) is 10.4. The van der Waals surface area contributed by atoms with Crippen molar-refractivity contribution in [2.45, 2.75) is 19.9 Å². The number of hydrogen-bond donors (Lipinski definition) is 1. The minimum absolute atomic E-state index is 0.0481. The van der Waals surface area contributed by atoms with E-state index in [4.69, 9.17) is 4.74 Å². The highest BCUT2D eigenvalue weighted by molar-refractivity contribution is 5.89. The quantitative estimate of drug-likeness (QED) is 0.361. The predicted octanol–water partition coefficient (Wildman–Crippen LogP) is 1.75. The molecule has 1 aromatic rings. The van der Waals surface area contributed by atoms with Crippen LogP contribution in [0.5, 0.6) is 0 Å². The number of non-ortho nitro benzene ring substituents is 1. The first-order chi connectivity index (χ1) is 8.50. The predicted molar refractivity (Wildman–Crippen MR) is 66.5 cm³/mol. The molecule has 0 saturated heterocycles. The molecule has 0 saturated carbocycles. The third kappa shape index (κ3) is 4.50. The highest BCUT2D eigenvalue weighted by Crippen LogP contribution is 2.12. The number of carbonyl (C=O) groups excluding carboxylic acids is 1. The summed E-state index contributed by atoms with van der Waals surface area (Å²) in [5.74, 6) is -0.476. The molecular formula is C12H16N2O4. The smallest absolute Gasteiger partial charge is 0.338 e. The van der Waals surface area contributed by atoms with Crippen molar-refractivity contribution in [3.05, 3.63) is 39.9 Å². The monoisotopic (exact) mass is 252 g/mol. The number of esters is 1. The number of carbonyl (C=O) groups is 1. The summed E-state index contributed by atoms with van der Waals surface area (Å²) in [5, 5.41) is 13.5. The second-order valence-electron chi connectivity index (χ2n) is 4.05. The van der Waals surface area contributed by atoms with E-state index >= 15 is 0 Å². The van der Waals surface area contributed by atoms with Gasteiger partial charge in [-0.2, -0.15) is 0 Å². The summed E-state index contributed by atoms with van der Waals surface area (Å²) >= 11 is 0. The highest BCUT2D eigenvalue weighted by Gasteiger charge is 2.10. The van der Waals surface area contributed by atoms with Gasteiger partial charge in [0.05, 0.1) is 10.5 Å². The van der Waals surface area contributed by atoms with Crippen molar-refractivity contribution < 1.29 is 14.5 Å². The van der Waals surface area contributed by atoms with Crippen LogP contribution in [0.2, 0.25) is 0 Å². The van der Waals surface area contributed by atoms with Gasteiger partial charge in [0.15, 0.2) is 0 Å². The van der Waals surface area contributed by atoms with Gasteiger partial charge >= 0.3 is 5.97 Å². The van der Waals surface area contributed by atoms with Crippen molar-refractivity contribution in [2.75, 3.05) is 13.2 Å². The standard InChI is InChI=1S/C12H16N2O4/c1-9(2)13-7-8-18-12(15)10-3-5-11(6-4-10)14(16)17/h3-6,9,13H,7-8H2,1-2H3. The topological polar surface area (TPSA) is 81.5 Å². The molecule has 0 amide bonds. The first kappa shape index (κ1) is 14.1. The molecule has 0 unspecified atom stereocenters. The lowest BCUT2D eigenvalue weighted by Gasteiger charge is -2.08. The van der Waals surface area contributed by atoms with Gasteiger partial charge in [-0.05, 0) is 12.1 Å². The number of nitrogens with one attached hydrogen (secondary N) is 1. The maximum atomic E-state index is 11.6. The molecule has 0 aliphatic heterocycles. The summed E-state index contributed by atoms with van der Waals surface area (Å²) < 4.78 is 5.01. The number of nitro groups is 1. The third-order valence-corrected chi connectivity index (χ3v) is 2.20. The third-order valence-electron chi connectivity index (χ3n) is 2.20. The van der Waals surface area contributed by atoms with Gasteiger partial charge < -0.3 is 10.1 Å². The lowest BCUT2D eigenvalue weighted by Crippen LogP contribution is -2.27. The van der Waals surface area contributed by atoms with E-state index < -0.39 is 10.9 Å². The van der Waals surface area contributed by atoms with Crippen LogP contribution in [0.4, 0.5) is 5.69 Å². The van der Waals surface area contributed by atoms with Crippen molar-refractivity contribution in [1.82, 2.24) is 5.32 Å². The molecule has 0 aromatic heterocycles. The van der Waals surface area contributed by atoms with Crippen molar-refractivity contribution in [3.8, 4) is 0 Å². The molecule has 0 heterocycles. The van der Waals surface area contributed by atoms with Crippen LogP contribution in [0, 0.1) is 10.1 Å². The van der Waals surface area contributed by atoms with Crippen LogP contribution < -0.4 is 5.32 Å². The molecular weight excluding hydrogens is 236 g/mol. The Morgan fingerprint density at radius 1 is 1.39 bits per heavy atom. The maximum absolute atomic E-state index is 11.6. The lowest BCUT2D eigenvalue weighted by atomic mass is 10.2. The van der Waals surface area contributed by atoms with Crippen LogP contribution in [0.15, 0.2) is 24.3 Å². The minimum Gasteiger partial charge on any atom is -0.461 e. The Morgan fingerprint density at radius 3 is 2.50 bits per heavy atom. The summed E-state index contributed by atoms with van der Waals surface area (Å²) in [6, 6.07) is 5.67. The summed E-state index contributed by atoms with van der Waals surface area (Å²) in [7, 11) is 0. The van der Waals surface area contributed by atoms with Crippen LogP contribution >= 0.6 is 0 Å². The van der Waals surface area contributed by atoms with Crippen molar-refractivity contribution in [1.29, 1.82) is 0 Å². The Hall–Kier alpha value is -1.95. The molecule has 0 aliphatic rings. The second-order valence-corrected chi connectivity index (χ2v) is 4.05. The molecule has 0 spiro atoms. The average molecular weight is 252 g/mol. The average Bonchev–Trinajstić information content (AvgIpc) is 2.34. The minimum atomic E-state index is -0.512. The first-order valence-electron chi connectivity index (χ1n) is 5.65. The normalized spacial score (nSPS) is 10.4. The summed E-state index contributed by atoms with van der Waals surface area (Å²) in [5.41, 5.74) is 0.262. The van der Waals surface area contributed by atoms with Crippen LogP contribution in [0.25, 0.3) is 0 Å². The SMILES string of the molecule is CC(C)NCCOC(=O)c1ccc([N+](=O)[O-])cc1. The van der Waals surface area contributed by atoms with Gasteiger partial charge in [0.2, 0.25) is 0 Å². The molecule has 18 heavy (non-hydrogen) atoms. The fourth-order valence-corrected chi connectivity index (χ4v) is 1.29. The van der Waals surface area contributed by atoms with Gasteiger partial charge in [-0.25, -0.2) is 4.79 Å². The zero-order chi connectivity index (χ0) is 13.5. The van der Waals surface area contributed by atoms with Gasteiger partial charge in [0.1, 0.15) is 6.61 Å². The molecule has 0 radical (unpaired) electrons. The van der Waals surface area contributed by atoms with Crippen molar-refractivity contribution >= 4 is 11.7 Å². The zero-order valence-corrected chi connectivity index (χ0v) is 10.4. The Kier molecular flexibility index (Phi) is 5.26. The van der Waals surface area contributed by atoms with Gasteiger partial charge in [-0.3, -0.25) is 10.1 Å². The lowest BCUT2D eigenvalue weighted by molar-refractivity contribution is -0.384. The Labute approximate surface area is 105 Å². The Balaban J connectivity index is 2.44. The van der Waals surface area contributed by atoms with Gasteiger partial charge in [0, 0.05) is 24.7 Å². The fraction of sp³-hybridized carbons (Fsp3) is 0.417. The summed E-state index contributed by atoms with van der Waals surface area (Å²) in [4.78, 5) is 21.5. The molecule has 0 atom stereocenters. The number of rotatable bonds is 6. The first-order valence-corrected chi connectivity index (χ1v) is 5.65. The van der Waals surface area contributed by atoms with E-state index in [1.165, 1.54) is 24.3 Å². The van der Waals surface area contributed by atoms with Crippen molar-refractivity contribution in [3.63, 3.8) is 0 Å². The molecule has 1 aromatic carbocycles. The molecule has 1 rings (SSSR count).